The third-order valence-electron chi connectivity index (χ3n) is 4.56. The van der Waals surface area contributed by atoms with Gasteiger partial charge in [0.05, 0.1) is 15.9 Å². The summed E-state index contributed by atoms with van der Waals surface area (Å²) in [6, 6.07) is 11.7. The Balaban J connectivity index is 1.40. The smallest absolute Gasteiger partial charge is 0.227 e. The van der Waals surface area contributed by atoms with Crippen molar-refractivity contribution in [1.82, 2.24) is 19.7 Å². The fourth-order valence-electron chi connectivity index (χ4n) is 3.14. The molecule has 0 aliphatic heterocycles. The van der Waals surface area contributed by atoms with Crippen molar-refractivity contribution in [2.45, 2.75) is 32.7 Å². The molecule has 156 valence electrons. The summed E-state index contributed by atoms with van der Waals surface area (Å²) in [5.41, 5.74) is 1.84. The minimum atomic E-state index is -0.146. The van der Waals surface area contributed by atoms with Crippen molar-refractivity contribution in [1.29, 1.82) is 0 Å². The average Bonchev–Trinajstić information content (AvgIpc) is 3.49. The van der Waals surface area contributed by atoms with Crippen LogP contribution in [0.15, 0.2) is 46.3 Å². The summed E-state index contributed by atoms with van der Waals surface area (Å²) in [4.78, 5) is 22.4. The molecule has 1 N–H and O–H groups in total. The molecule has 30 heavy (non-hydrogen) atoms. The predicted octanol–water partition coefficient (Wildman–Crippen LogP) is 4.15. The SMILES string of the molecule is CCOCCCn1c(NC(=O)CCc2nc(-c3cccs3)no2)nc2ccccc21. The van der Waals surface area contributed by atoms with E-state index in [1.807, 2.05) is 53.3 Å². The number of rotatable bonds is 10. The van der Waals surface area contributed by atoms with Crippen molar-refractivity contribution in [2.75, 3.05) is 18.5 Å². The quantitative estimate of drug-likeness (QED) is 0.384. The first-order valence-electron chi connectivity index (χ1n) is 9.94. The highest BCUT2D eigenvalue weighted by molar-refractivity contribution is 7.13. The number of nitrogens with zero attached hydrogens (tertiary/aromatic N) is 4. The van der Waals surface area contributed by atoms with Crippen LogP contribution >= 0.6 is 11.3 Å². The molecule has 8 nitrogen and oxygen atoms in total. The van der Waals surface area contributed by atoms with Crippen molar-refractivity contribution >= 4 is 34.2 Å². The third-order valence-corrected chi connectivity index (χ3v) is 5.42. The van der Waals surface area contributed by atoms with Gasteiger partial charge in [0, 0.05) is 32.6 Å². The van der Waals surface area contributed by atoms with Gasteiger partial charge in [0.15, 0.2) is 0 Å². The largest absolute Gasteiger partial charge is 0.382 e. The topological polar surface area (TPSA) is 95.1 Å². The van der Waals surface area contributed by atoms with E-state index < -0.39 is 0 Å². The second kappa shape index (κ2) is 9.64. The number of carbonyl (C=O) groups excluding carboxylic acids is 1. The summed E-state index contributed by atoms with van der Waals surface area (Å²) in [5.74, 6) is 1.39. The average molecular weight is 426 g/mol. The minimum absolute atomic E-state index is 0.146. The second-order valence-electron chi connectivity index (χ2n) is 6.66. The maximum atomic E-state index is 12.5. The number of hydrogen-bond acceptors (Lipinski definition) is 7. The standard InChI is InChI=1S/C21H23N5O3S/c1-2-28-13-6-12-26-16-8-4-3-7-15(16)22-21(26)23-18(27)10-11-19-24-20(25-29-19)17-9-5-14-30-17/h3-5,7-9,14H,2,6,10-13H2,1H3,(H,22,23,27). The zero-order valence-electron chi connectivity index (χ0n) is 16.7. The molecule has 3 aromatic heterocycles. The van der Waals surface area contributed by atoms with E-state index in [9.17, 15) is 4.79 Å². The van der Waals surface area contributed by atoms with Crippen LogP contribution in [0.25, 0.3) is 21.7 Å². The summed E-state index contributed by atoms with van der Waals surface area (Å²) in [7, 11) is 0. The lowest BCUT2D eigenvalue weighted by Gasteiger charge is -2.10. The van der Waals surface area contributed by atoms with Crippen molar-refractivity contribution < 1.29 is 14.1 Å². The Hall–Kier alpha value is -3.04. The van der Waals surface area contributed by atoms with Gasteiger partial charge in [0.2, 0.25) is 23.6 Å². The number of anilines is 1. The summed E-state index contributed by atoms with van der Waals surface area (Å²) >= 11 is 1.54. The fraction of sp³-hybridized carbons (Fsp3) is 0.333. The van der Waals surface area contributed by atoms with Gasteiger partial charge in [0.1, 0.15) is 0 Å². The number of para-hydroxylation sites is 2. The second-order valence-corrected chi connectivity index (χ2v) is 7.61. The zero-order chi connectivity index (χ0) is 20.8. The van der Waals surface area contributed by atoms with Gasteiger partial charge in [-0.3, -0.25) is 10.1 Å². The number of nitrogens with one attached hydrogen (secondary N) is 1. The van der Waals surface area contributed by atoms with Gasteiger partial charge in [-0.2, -0.15) is 4.98 Å². The molecule has 0 spiro atoms. The van der Waals surface area contributed by atoms with Crippen molar-refractivity contribution in [3.05, 3.63) is 47.7 Å². The van der Waals surface area contributed by atoms with Gasteiger partial charge >= 0.3 is 0 Å². The molecule has 0 atom stereocenters. The Bertz CT molecular complexity index is 1100. The number of aromatic nitrogens is 4. The van der Waals surface area contributed by atoms with Crippen LogP contribution in [0.5, 0.6) is 0 Å². The van der Waals surface area contributed by atoms with Crippen molar-refractivity contribution in [3.8, 4) is 10.7 Å². The Morgan fingerprint density at radius 2 is 2.13 bits per heavy atom. The summed E-state index contributed by atoms with van der Waals surface area (Å²) in [5, 5.41) is 8.86. The normalized spacial score (nSPS) is 11.2. The van der Waals surface area contributed by atoms with E-state index >= 15 is 0 Å². The molecule has 0 aliphatic carbocycles. The lowest BCUT2D eigenvalue weighted by atomic mass is 10.3. The van der Waals surface area contributed by atoms with E-state index in [-0.39, 0.29) is 12.3 Å². The molecular formula is C21H23N5O3S. The van der Waals surface area contributed by atoms with Gasteiger partial charge in [-0.05, 0) is 36.9 Å². The van der Waals surface area contributed by atoms with Crippen molar-refractivity contribution in [3.63, 3.8) is 0 Å². The molecule has 3 heterocycles. The first kappa shape index (κ1) is 20.2. The number of imidazole rings is 1. The third kappa shape index (κ3) is 4.74. The molecule has 0 saturated heterocycles. The van der Waals surface area contributed by atoms with Crippen LogP contribution in [0, 0.1) is 0 Å². The molecule has 1 aromatic carbocycles. The summed E-state index contributed by atoms with van der Waals surface area (Å²) in [6.45, 7) is 4.05. The Morgan fingerprint density at radius 3 is 2.97 bits per heavy atom. The van der Waals surface area contributed by atoms with Crippen LogP contribution in [0.4, 0.5) is 5.95 Å². The number of amides is 1. The van der Waals surface area contributed by atoms with E-state index in [0.717, 1.165) is 22.3 Å². The monoisotopic (exact) mass is 425 g/mol. The van der Waals surface area contributed by atoms with Gasteiger partial charge in [-0.15, -0.1) is 11.3 Å². The number of thiophene rings is 1. The van der Waals surface area contributed by atoms with Gasteiger partial charge in [-0.1, -0.05) is 23.4 Å². The van der Waals surface area contributed by atoms with Crippen LogP contribution in [-0.2, 0) is 22.5 Å². The molecular weight excluding hydrogens is 402 g/mol. The molecule has 0 saturated carbocycles. The number of carbonyl (C=O) groups is 1. The van der Waals surface area contributed by atoms with E-state index in [1.54, 1.807) is 11.3 Å². The number of fused-ring (bicyclic) bond motifs is 1. The highest BCUT2D eigenvalue weighted by Gasteiger charge is 2.15. The molecule has 9 heteroatoms. The first-order chi connectivity index (χ1) is 14.7. The first-order valence-corrected chi connectivity index (χ1v) is 10.8. The predicted molar refractivity (Wildman–Crippen MR) is 115 cm³/mol. The lowest BCUT2D eigenvalue weighted by molar-refractivity contribution is -0.116. The minimum Gasteiger partial charge on any atom is -0.382 e. The molecule has 1 amide bonds. The molecule has 0 aliphatic rings. The lowest BCUT2D eigenvalue weighted by Crippen LogP contribution is -2.17. The number of benzene rings is 1. The molecule has 4 aromatic rings. The Morgan fingerprint density at radius 1 is 1.23 bits per heavy atom. The summed E-state index contributed by atoms with van der Waals surface area (Å²) in [6.07, 6.45) is 1.44. The van der Waals surface area contributed by atoms with E-state index in [1.165, 1.54) is 0 Å². The van der Waals surface area contributed by atoms with Crippen LogP contribution in [0.2, 0.25) is 0 Å². The van der Waals surface area contributed by atoms with Gasteiger partial charge < -0.3 is 13.8 Å². The maximum absolute atomic E-state index is 12.5. The molecule has 4 rings (SSSR count). The van der Waals surface area contributed by atoms with Crippen LogP contribution < -0.4 is 5.32 Å². The van der Waals surface area contributed by atoms with Gasteiger partial charge in [-0.25, -0.2) is 4.98 Å². The Kier molecular flexibility index (Phi) is 6.50. The highest BCUT2D eigenvalue weighted by Crippen LogP contribution is 2.22. The van der Waals surface area contributed by atoms with E-state index in [4.69, 9.17) is 9.26 Å². The molecule has 0 radical (unpaired) electrons. The number of hydrogen-bond donors (Lipinski definition) is 1. The highest BCUT2D eigenvalue weighted by atomic mass is 32.1. The molecule has 0 unspecified atom stereocenters. The maximum Gasteiger partial charge on any atom is 0.227 e. The number of aryl methyl sites for hydroxylation is 2. The summed E-state index contributed by atoms with van der Waals surface area (Å²) < 4.78 is 12.7. The van der Waals surface area contributed by atoms with Crippen LogP contribution in [0.3, 0.4) is 0 Å². The van der Waals surface area contributed by atoms with Crippen LogP contribution in [0.1, 0.15) is 25.7 Å². The van der Waals surface area contributed by atoms with Crippen molar-refractivity contribution in [2.24, 2.45) is 0 Å². The zero-order valence-corrected chi connectivity index (χ0v) is 17.5. The molecule has 0 bridgehead atoms. The van der Waals surface area contributed by atoms with E-state index in [0.29, 0.717) is 43.8 Å². The molecule has 0 fully saturated rings. The van der Waals surface area contributed by atoms with E-state index in [2.05, 4.69) is 20.4 Å². The van der Waals surface area contributed by atoms with Gasteiger partial charge in [0.25, 0.3) is 0 Å². The van der Waals surface area contributed by atoms with Crippen LogP contribution in [-0.4, -0.2) is 38.8 Å². The fourth-order valence-corrected chi connectivity index (χ4v) is 3.79. The number of ether oxygens (including phenoxy) is 1. The Labute approximate surface area is 177 Å².